The van der Waals surface area contributed by atoms with Crippen molar-refractivity contribution in [2.24, 2.45) is 0 Å². The van der Waals surface area contributed by atoms with Gasteiger partial charge in [-0.2, -0.15) is 5.10 Å². The lowest BCUT2D eigenvalue weighted by Gasteiger charge is -2.18. The molecule has 2 aromatic heterocycles. The number of ether oxygens (including phenoxy) is 1. The number of hydrogen-bond acceptors (Lipinski definition) is 6. The highest BCUT2D eigenvalue weighted by molar-refractivity contribution is 6.08. The van der Waals surface area contributed by atoms with Gasteiger partial charge in [-0.1, -0.05) is 6.07 Å². The fourth-order valence-corrected chi connectivity index (χ4v) is 3.16. The summed E-state index contributed by atoms with van der Waals surface area (Å²) >= 11 is 0. The maximum Gasteiger partial charge on any atom is 0.412 e. The molecule has 9 heteroatoms. The van der Waals surface area contributed by atoms with E-state index in [0.717, 1.165) is 5.39 Å². The van der Waals surface area contributed by atoms with E-state index < -0.39 is 6.09 Å². The SMILES string of the molecule is COC(=O)Nc1ccc(-c2nncc3ccc(C(=O)N(C)c4ccc(F)cc4)cc23)cn1. The molecule has 2 amide bonds. The number of methoxy groups -OCH3 is 1. The van der Waals surface area contributed by atoms with Crippen molar-refractivity contribution < 1.29 is 18.7 Å². The number of fused-ring (bicyclic) bond motifs is 1. The normalized spacial score (nSPS) is 10.6. The Morgan fingerprint density at radius 1 is 1.03 bits per heavy atom. The quantitative estimate of drug-likeness (QED) is 0.518. The van der Waals surface area contributed by atoms with Crippen LogP contribution in [0.3, 0.4) is 0 Å². The summed E-state index contributed by atoms with van der Waals surface area (Å²) in [5, 5.41) is 12.3. The third-order valence-corrected chi connectivity index (χ3v) is 4.88. The fraction of sp³-hybridized carbons (Fsp3) is 0.0870. The standard InChI is InChI=1S/C23H18FN5O3/c1-29(18-8-6-17(24)7-9-18)22(30)14-3-4-15-13-26-28-21(19(15)11-14)16-5-10-20(25-12-16)27-23(31)32-2/h3-13H,1-2H3,(H,25,27,31). The molecule has 4 aromatic rings. The second kappa shape index (κ2) is 8.76. The summed E-state index contributed by atoms with van der Waals surface area (Å²) < 4.78 is 17.8. The summed E-state index contributed by atoms with van der Waals surface area (Å²) in [4.78, 5) is 30.0. The molecule has 32 heavy (non-hydrogen) atoms. The zero-order chi connectivity index (χ0) is 22.7. The molecule has 0 bridgehead atoms. The van der Waals surface area contributed by atoms with E-state index in [9.17, 15) is 14.0 Å². The minimum absolute atomic E-state index is 0.253. The predicted molar refractivity (Wildman–Crippen MR) is 118 cm³/mol. The van der Waals surface area contributed by atoms with Crippen LogP contribution in [0.15, 0.2) is 67.0 Å². The molecule has 0 saturated heterocycles. The molecule has 0 unspecified atom stereocenters. The van der Waals surface area contributed by atoms with Crippen molar-refractivity contribution in [3.8, 4) is 11.3 Å². The molecule has 0 aliphatic carbocycles. The first-order chi connectivity index (χ1) is 15.5. The van der Waals surface area contributed by atoms with Crippen molar-refractivity contribution in [3.05, 3.63) is 78.4 Å². The summed E-state index contributed by atoms with van der Waals surface area (Å²) in [6.07, 6.45) is 2.54. The molecule has 160 valence electrons. The van der Waals surface area contributed by atoms with Crippen LogP contribution in [0.5, 0.6) is 0 Å². The van der Waals surface area contributed by atoms with E-state index in [1.165, 1.54) is 24.1 Å². The van der Waals surface area contributed by atoms with Gasteiger partial charge in [-0.15, -0.1) is 5.10 Å². The van der Waals surface area contributed by atoms with Gasteiger partial charge in [-0.25, -0.2) is 14.2 Å². The average molecular weight is 431 g/mol. The lowest BCUT2D eigenvalue weighted by atomic mass is 10.0. The van der Waals surface area contributed by atoms with E-state index in [0.29, 0.717) is 33.7 Å². The molecule has 0 spiro atoms. The molecule has 1 N–H and O–H groups in total. The Morgan fingerprint density at radius 3 is 2.50 bits per heavy atom. The fourth-order valence-electron chi connectivity index (χ4n) is 3.16. The van der Waals surface area contributed by atoms with Crippen LogP contribution < -0.4 is 10.2 Å². The Balaban J connectivity index is 1.68. The number of carbonyl (C=O) groups is 2. The third-order valence-electron chi connectivity index (χ3n) is 4.88. The van der Waals surface area contributed by atoms with Gasteiger partial charge in [0.05, 0.1) is 13.3 Å². The Labute approximate surface area is 182 Å². The van der Waals surface area contributed by atoms with Crippen molar-refractivity contribution in [2.75, 3.05) is 24.4 Å². The number of nitrogens with one attached hydrogen (secondary N) is 1. The second-order valence-electron chi connectivity index (χ2n) is 6.88. The monoisotopic (exact) mass is 431 g/mol. The van der Waals surface area contributed by atoms with Gasteiger partial charge >= 0.3 is 6.09 Å². The van der Waals surface area contributed by atoms with E-state index in [1.807, 2.05) is 0 Å². The predicted octanol–water partition coefficient (Wildman–Crippen LogP) is 4.29. The highest BCUT2D eigenvalue weighted by atomic mass is 19.1. The second-order valence-corrected chi connectivity index (χ2v) is 6.88. The zero-order valence-electron chi connectivity index (χ0n) is 17.2. The number of carbonyl (C=O) groups excluding carboxylic acids is 2. The van der Waals surface area contributed by atoms with E-state index in [1.54, 1.807) is 61.9 Å². The smallest absolute Gasteiger partial charge is 0.412 e. The molecular formula is C23H18FN5O3. The molecule has 0 fully saturated rings. The van der Waals surface area contributed by atoms with E-state index in [-0.39, 0.29) is 11.7 Å². The first-order valence-electron chi connectivity index (χ1n) is 9.57. The molecule has 0 atom stereocenters. The van der Waals surface area contributed by atoms with Gasteiger partial charge in [0.2, 0.25) is 0 Å². The molecule has 4 rings (SSSR count). The average Bonchev–Trinajstić information content (AvgIpc) is 2.83. The van der Waals surface area contributed by atoms with Gasteiger partial charge in [-0.3, -0.25) is 10.1 Å². The molecule has 0 radical (unpaired) electrons. The number of nitrogens with zero attached hydrogens (tertiary/aromatic N) is 4. The summed E-state index contributed by atoms with van der Waals surface area (Å²) in [5.74, 6) is -0.299. The van der Waals surface area contributed by atoms with Gasteiger partial charge in [0.1, 0.15) is 17.3 Å². The third kappa shape index (κ3) is 4.22. The molecule has 8 nitrogen and oxygen atoms in total. The number of benzene rings is 2. The molecule has 0 aliphatic heterocycles. The maximum absolute atomic E-state index is 13.2. The largest absolute Gasteiger partial charge is 0.453 e. The molecular weight excluding hydrogens is 413 g/mol. The van der Waals surface area contributed by atoms with Crippen LogP contribution in [0, 0.1) is 5.82 Å². The molecule has 2 aromatic carbocycles. The van der Waals surface area contributed by atoms with Crippen LogP contribution in [0.4, 0.5) is 20.7 Å². The Hall–Kier alpha value is -4.40. The Morgan fingerprint density at radius 2 is 1.81 bits per heavy atom. The molecule has 2 heterocycles. The Kier molecular flexibility index (Phi) is 5.71. The number of anilines is 2. The van der Waals surface area contributed by atoms with Crippen LogP contribution in [0.1, 0.15) is 10.4 Å². The van der Waals surface area contributed by atoms with Crippen LogP contribution in [-0.2, 0) is 4.74 Å². The zero-order valence-corrected chi connectivity index (χ0v) is 17.2. The lowest BCUT2D eigenvalue weighted by Crippen LogP contribution is -2.26. The summed E-state index contributed by atoms with van der Waals surface area (Å²) in [5.41, 5.74) is 2.21. The van der Waals surface area contributed by atoms with E-state index in [2.05, 4.69) is 25.2 Å². The van der Waals surface area contributed by atoms with Crippen molar-refractivity contribution in [3.63, 3.8) is 0 Å². The van der Waals surface area contributed by atoms with E-state index in [4.69, 9.17) is 0 Å². The Bertz CT molecular complexity index is 1290. The van der Waals surface area contributed by atoms with Crippen LogP contribution in [-0.4, -0.2) is 41.3 Å². The topological polar surface area (TPSA) is 97.3 Å². The molecule has 0 saturated carbocycles. The lowest BCUT2D eigenvalue weighted by molar-refractivity contribution is 0.0993. The summed E-state index contributed by atoms with van der Waals surface area (Å²) in [6.45, 7) is 0. The van der Waals surface area contributed by atoms with E-state index >= 15 is 0 Å². The number of rotatable bonds is 4. The number of halogens is 1. The first-order valence-corrected chi connectivity index (χ1v) is 9.57. The number of aromatic nitrogens is 3. The van der Waals surface area contributed by atoms with Crippen LogP contribution in [0.2, 0.25) is 0 Å². The number of hydrogen-bond donors (Lipinski definition) is 1. The van der Waals surface area contributed by atoms with Gasteiger partial charge in [0, 0.05) is 40.8 Å². The highest BCUT2D eigenvalue weighted by Crippen LogP contribution is 2.27. The van der Waals surface area contributed by atoms with Gasteiger partial charge in [-0.05, 0) is 48.5 Å². The minimum atomic E-state index is -0.622. The van der Waals surface area contributed by atoms with Crippen molar-refractivity contribution >= 4 is 34.3 Å². The number of pyridine rings is 1. The van der Waals surface area contributed by atoms with Gasteiger partial charge < -0.3 is 9.64 Å². The van der Waals surface area contributed by atoms with Crippen molar-refractivity contribution in [1.29, 1.82) is 0 Å². The van der Waals surface area contributed by atoms with Crippen molar-refractivity contribution in [2.45, 2.75) is 0 Å². The minimum Gasteiger partial charge on any atom is -0.453 e. The van der Waals surface area contributed by atoms with Gasteiger partial charge in [0.25, 0.3) is 5.91 Å². The number of amides is 2. The van der Waals surface area contributed by atoms with Crippen LogP contribution >= 0.6 is 0 Å². The summed E-state index contributed by atoms with van der Waals surface area (Å²) in [7, 11) is 2.89. The highest BCUT2D eigenvalue weighted by Gasteiger charge is 2.16. The molecule has 0 aliphatic rings. The van der Waals surface area contributed by atoms with Crippen molar-refractivity contribution in [1.82, 2.24) is 15.2 Å². The van der Waals surface area contributed by atoms with Crippen LogP contribution in [0.25, 0.3) is 22.0 Å². The maximum atomic E-state index is 13.2. The first kappa shape index (κ1) is 20.9. The summed E-state index contributed by atoms with van der Waals surface area (Å²) in [6, 6.07) is 14.3. The van der Waals surface area contributed by atoms with Gasteiger partial charge in [0.15, 0.2) is 0 Å².